The van der Waals surface area contributed by atoms with Gasteiger partial charge < -0.3 is 10.8 Å². The second kappa shape index (κ2) is 3.63. The third-order valence-electron chi connectivity index (χ3n) is 2.46. The van der Waals surface area contributed by atoms with Crippen molar-refractivity contribution in [3.8, 4) is 0 Å². The van der Waals surface area contributed by atoms with Crippen molar-refractivity contribution in [3.05, 3.63) is 29.8 Å². The molecule has 4 heteroatoms. The average molecular weight is 209 g/mol. The van der Waals surface area contributed by atoms with E-state index in [1.54, 1.807) is 11.8 Å². The average Bonchev–Trinajstić information content (AvgIpc) is 2.60. The van der Waals surface area contributed by atoms with Crippen LogP contribution in [0.25, 0.3) is 0 Å². The van der Waals surface area contributed by atoms with Crippen LogP contribution in [-0.2, 0) is 4.79 Å². The van der Waals surface area contributed by atoms with E-state index >= 15 is 0 Å². The number of benzene rings is 1. The van der Waals surface area contributed by atoms with Crippen LogP contribution in [0.2, 0.25) is 0 Å². The normalized spacial score (nSPS) is 21.6. The molecule has 0 bridgehead atoms. The number of carbonyl (C=O) groups is 1. The van der Waals surface area contributed by atoms with E-state index in [9.17, 15) is 4.79 Å². The number of rotatable bonds is 2. The lowest BCUT2D eigenvalue weighted by Crippen LogP contribution is -2.36. The number of hydrogen-bond donors (Lipinski definition) is 2. The molecule has 2 atom stereocenters. The van der Waals surface area contributed by atoms with Crippen molar-refractivity contribution in [2.75, 3.05) is 5.75 Å². The zero-order chi connectivity index (χ0) is 10.1. The summed E-state index contributed by atoms with van der Waals surface area (Å²) in [6, 6.07) is 7.07. The Labute approximate surface area is 86.3 Å². The van der Waals surface area contributed by atoms with Crippen molar-refractivity contribution >= 4 is 17.7 Å². The summed E-state index contributed by atoms with van der Waals surface area (Å²) in [5.41, 5.74) is 6.70. The molecule has 1 aromatic carbocycles. The molecular formula is C10H11NO2S. The first-order chi connectivity index (χ1) is 6.70. The molecule has 74 valence electrons. The van der Waals surface area contributed by atoms with Crippen molar-refractivity contribution < 1.29 is 9.90 Å². The molecule has 3 nitrogen and oxygen atoms in total. The van der Waals surface area contributed by atoms with Crippen LogP contribution in [-0.4, -0.2) is 22.9 Å². The zero-order valence-electron chi connectivity index (χ0n) is 7.51. The van der Waals surface area contributed by atoms with E-state index in [2.05, 4.69) is 0 Å². The van der Waals surface area contributed by atoms with Crippen LogP contribution in [0, 0.1) is 0 Å². The van der Waals surface area contributed by atoms with E-state index in [1.165, 1.54) is 0 Å². The Kier molecular flexibility index (Phi) is 2.48. The van der Waals surface area contributed by atoms with Gasteiger partial charge in [-0.25, -0.2) is 0 Å². The fraction of sp³-hybridized carbons (Fsp3) is 0.300. The minimum absolute atomic E-state index is 0.0475. The molecule has 0 saturated heterocycles. The second-order valence-corrected chi connectivity index (χ2v) is 4.38. The molecule has 2 rings (SSSR count). The maximum absolute atomic E-state index is 10.8. The number of thioether (sulfide) groups is 1. The number of hydrogen-bond acceptors (Lipinski definition) is 3. The quantitative estimate of drug-likeness (QED) is 0.770. The predicted octanol–water partition coefficient (Wildman–Crippen LogP) is 1.29. The molecule has 3 N–H and O–H groups in total. The summed E-state index contributed by atoms with van der Waals surface area (Å²) in [7, 11) is 0. The molecule has 0 fully saturated rings. The van der Waals surface area contributed by atoms with Crippen molar-refractivity contribution in [3.63, 3.8) is 0 Å². The highest BCUT2D eigenvalue weighted by molar-refractivity contribution is 7.99. The third kappa shape index (κ3) is 1.51. The van der Waals surface area contributed by atoms with Crippen molar-refractivity contribution in [1.29, 1.82) is 0 Å². The Balaban J connectivity index is 2.30. The Hall–Kier alpha value is -1.00. The van der Waals surface area contributed by atoms with Crippen LogP contribution >= 0.6 is 11.8 Å². The van der Waals surface area contributed by atoms with Crippen LogP contribution in [0.1, 0.15) is 11.5 Å². The summed E-state index contributed by atoms with van der Waals surface area (Å²) in [5, 5.41) is 8.83. The zero-order valence-corrected chi connectivity index (χ0v) is 8.33. The smallest absolute Gasteiger partial charge is 0.321 e. The van der Waals surface area contributed by atoms with Crippen LogP contribution < -0.4 is 5.73 Å². The summed E-state index contributed by atoms with van der Waals surface area (Å²) >= 11 is 1.68. The van der Waals surface area contributed by atoms with Crippen LogP contribution in [0.4, 0.5) is 0 Å². The largest absolute Gasteiger partial charge is 0.480 e. The Morgan fingerprint density at radius 3 is 3.00 bits per heavy atom. The van der Waals surface area contributed by atoms with Crippen LogP contribution in [0.5, 0.6) is 0 Å². The number of aliphatic carboxylic acids is 1. The highest BCUT2D eigenvalue weighted by Gasteiger charge is 2.31. The standard InChI is InChI=1S/C10H11NO2S/c11-9(10(12)13)7-5-14-8-4-2-1-3-6(7)8/h1-4,7,9H,5,11H2,(H,12,13). The highest BCUT2D eigenvalue weighted by Crippen LogP contribution is 2.40. The van der Waals surface area contributed by atoms with E-state index in [-0.39, 0.29) is 5.92 Å². The predicted molar refractivity (Wildman–Crippen MR) is 55.5 cm³/mol. The maximum atomic E-state index is 10.8. The lowest BCUT2D eigenvalue weighted by atomic mass is 9.94. The molecule has 1 heterocycles. The molecule has 0 saturated carbocycles. The van der Waals surface area contributed by atoms with Gasteiger partial charge in [-0.15, -0.1) is 11.8 Å². The van der Waals surface area contributed by atoms with Crippen molar-refractivity contribution in [2.24, 2.45) is 5.73 Å². The molecule has 14 heavy (non-hydrogen) atoms. The minimum Gasteiger partial charge on any atom is -0.480 e. The van der Waals surface area contributed by atoms with Crippen LogP contribution in [0.3, 0.4) is 0 Å². The second-order valence-electron chi connectivity index (χ2n) is 3.32. The summed E-state index contributed by atoms with van der Waals surface area (Å²) in [4.78, 5) is 11.9. The molecule has 0 radical (unpaired) electrons. The van der Waals surface area contributed by atoms with Gasteiger partial charge in [0, 0.05) is 16.6 Å². The molecular weight excluding hydrogens is 198 g/mol. The van der Waals surface area contributed by atoms with Gasteiger partial charge in [0.25, 0.3) is 0 Å². The molecule has 0 spiro atoms. The van der Waals surface area contributed by atoms with E-state index in [0.29, 0.717) is 0 Å². The Bertz CT molecular complexity index is 367. The van der Waals surface area contributed by atoms with Crippen LogP contribution in [0.15, 0.2) is 29.2 Å². The number of nitrogens with two attached hydrogens (primary N) is 1. The van der Waals surface area contributed by atoms with Gasteiger partial charge >= 0.3 is 5.97 Å². The third-order valence-corrected chi connectivity index (χ3v) is 3.66. The Morgan fingerprint density at radius 1 is 1.57 bits per heavy atom. The number of fused-ring (bicyclic) bond motifs is 1. The van der Waals surface area contributed by atoms with E-state index < -0.39 is 12.0 Å². The van der Waals surface area contributed by atoms with E-state index in [4.69, 9.17) is 10.8 Å². The first-order valence-corrected chi connectivity index (χ1v) is 5.39. The van der Waals surface area contributed by atoms with E-state index in [0.717, 1.165) is 16.2 Å². The molecule has 2 unspecified atom stereocenters. The summed E-state index contributed by atoms with van der Waals surface area (Å²) in [6.45, 7) is 0. The topological polar surface area (TPSA) is 63.3 Å². The lowest BCUT2D eigenvalue weighted by molar-refractivity contribution is -0.138. The lowest BCUT2D eigenvalue weighted by Gasteiger charge is -2.14. The molecule has 0 aliphatic carbocycles. The molecule has 0 amide bonds. The maximum Gasteiger partial charge on any atom is 0.321 e. The van der Waals surface area contributed by atoms with Gasteiger partial charge in [0.15, 0.2) is 0 Å². The molecule has 0 aromatic heterocycles. The van der Waals surface area contributed by atoms with Gasteiger partial charge in [-0.3, -0.25) is 4.79 Å². The fourth-order valence-electron chi connectivity index (χ4n) is 1.66. The number of carboxylic acids is 1. The highest BCUT2D eigenvalue weighted by atomic mass is 32.2. The number of carboxylic acid groups (broad SMARTS) is 1. The summed E-state index contributed by atoms with van der Waals surface area (Å²) in [5.74, 6) is -0.201. The van der Waals surface area contributed by atoms with Crippen molar-refractivity contribution in [2.45, 2.75) is 16.9 Å². The monoisotopic (exact) mass is 209 g/mol. The van der Waals surface area contributed by atoms with Gasteiger partial charge in [-0.1, -0.05) is 18.2 Å². The van der Waals surface area contributed by atoms with Gasteiger partial charge in [-0.2, -0.15) is 0 Å². The summed E-state index contributed by atoms with van der Waals surface area (Å²) in [6.07, 6.45) is 0. The first kappa shape index (κ1) is 9.55. The Morgan fingerprint density at radius 2 is 2.29 bits per heavy atom. The van der Waals surface area contributed by atoms with Gasteiger partial charge in [0.1, 0.15) is 6.04 Å². The fourth-order valence-corrected chi connectivity index (χ4v) is 2.96. The van der Waals surface area contributed by atoms with Gasteiger partial charge in [0.2, 0.25) is 0 Å². The van der Waals surface area contributed by atoms with Gasteiger partial charge in [-0.05, 0) is 11.6 Å². The molecule has 1 aliphatic heterocycles. The first-order valence-electron chi connectivity index (χ1n) is 4.40. The van der Waals surface area contributed by atoms with Crippen molar-refractivity contribution in [1.82, 2.24) is 0 Å². The molecule has 1 aliphatic rings. The minimum atomic E-state index is -0.924. The molecule has 1 aromatic rings. The SMILES string of the molecule is NC(C(=O)O)C1CSc2ccccc21. The van der Waals surface area contributed by atoms with E-state index in [1.807, 2.05) is 24.3 Å². The van der Waals surface area contributed by atoms with Gasteiger partial charge in [0.05, 0.1) is 0 Å². The summed E-state index contributed by atoms with van der Waals surface area (Å²) < 4.78 is 0.